The number of para-hydroxylation sites is 3. The Kier molecular flexibility index (Phi) is 10.7. The summed E-state index contributed by atoms with van der Waals surface area (Å²) in [4.78, 5) is 30.7. The van der Waals surface area contributed by atoms with E-state index >= 15 is 0 Å². The molecule has 0 fully saturated rings. The third kappa shape index (κ3) is 7.91. The van der Waals surface area contributed by atoms with Crippen LogP contribution >= 0.6 is 0 Å². The third-order valence-electron chi connectivity index (χ3n) is 17.1. The molecule has 0 N–H and O–H groups in total. The van der Waals surface area contributed by atoms with E-state index in [-0.39, 0.29) is 0 Å². The molecule has 10 aromatic heterocycles. The van der Waals surface area contributed by atoms with Crippen molar-refractivity contribution in [1.29, 1.82) is 0 Å². The molecule has 0 saturated heterocycles. The zero-order valence-corrected chi connectivity index (χ0v) is 46.6. The second-order valence-corrected chi connectivity index (χ2v) is 22.2. The molecular weight excluding hydrogens is 1070 g/mol. The molecule has 0 aliphatic heterocycles. The summed E-state index contributed by atoms with van der Waals surface area (Å²) >= 11 is 0. The van der Waals surface area contributed by atoms with E-state index < -0.39 is 0 Å². The fraction of sp³-hybridized carbons (Fsp3) is 0. The molecule has 0 atom stereocenters. The number of hydrogen-bond acceptors (Lipinski definition) is 6. The van der Waals surface area contributed by atoms with Crippen LogP contribution in [0.5, 0.6) is 0 Å². The Hall–Kier alpha value is -12.1. The van der Waals surface area contributed by atoms with Gasteiger partial charge in [0.15, 0.2) is 0 Å². The Morgan fingerprint density at radius 2 is 0.736 bits per heavy atom. The predicted octanol–water partition coefficient (Wildman–Crippen LogP) is 17.9. The first-order chi connectivity index (χ1) is 43.1. The van der Waals surface area contributed by atoms with Crippen LogP contribution in [0, 0.1) is 0 Å². The van der Waals surface area contributed by atoms with Crippen molar-refractivity contribution < 1.29 is 0 Å². The molecule has 0 unspecified atom stereocenters. The Morgan fingerprint density at radius 1 is 0.241 bits per heavy atom. The zero-order valence-electron chi connectivity index (χ0n) is 46.6. The lowest BCUT2D eigenvalue weighted by Crippen LogP contribution is -2.03. The van der Waals surface area contributed by atoms with Crippen LogP contribution in [0.2, 0.25) is 0 Å². The summed E-state index contributed by atoms with van der Waals surface area (Å²) in [6, 6.07) is 85.3. The molecule has 0 aliphatic carbocycles. The molecule has 18 rings (SSSR count). The van der Waals surface area contributed by atoms with Gasteiger partial charge in [-0.1, -0.05) is 152 Å². The first-order valence-electron chi connectivity index (χ1n) is 29.0. The Balaban J connectivity index is 0.702. The van der Waals surface area contributed by atoms with Gasteiger partial charge >= 0.3 is 0 Å². The minimum Gasteiger partial charge on any atom is -0.309 e. The van der Waals surface area contributed by atoms with Gasteiger partial charge in [0.1, 0.15) is 11.3 Å². The van der Waals surface area contributed by atoms with Gasteiger partial charge in [-0.3, -0.25) is 9.55 Å². The largest absolute Gasteiger partial charge is 0.309 e. The molecule has 11 heteroatoms. The number of imidazole rings is 2. The van der Waals surface area contributed by atoms with Gasteiger partial charge in [0.05, 0.1) is 91.5 Å². The molecule has 0 aliphatic rings. The minimum absolute atomic E-state index is 0.622. The summed E-state index contributed by atoms with van der Waals surface area (Å²) in [5.74, 6) is 0.622. The summed E-state index contributed by atoms with van der Waals surface area (Å²) < 4.78 is 10.9. The number of fused-ring (bicyclic) bond motifs is 11. The van der Waals surface area contributed by atoms with Gasteiger partial charge in [0.25, 0.3) is 0 Å². The first kappa shape index (κ1) is 48.5. The van der Waals surface area contributed by atoms with Crippen LogP contribution in [0.4, 0.5) is 0 Å². The standard InChI is InChI=1S/C76H47N11/c1-3-16-48(17-4-1)64-39-55(40-65(80-64)49-18-5-2-6-19-49)85-71-32-29-52(66-46-83-35-14-13-28-74(83)81-66)37-60(71)61-38-53(30-33-72(61)85)67-47-84-45-54(31-34-75(84)82-67)50-20-15-21-51(36-50)63-41-62-59-24-9-10-25-68(59)86(73(62)44-77-63)56-42-78-76(79-43-56)87-69-26-11-7-22-57(69)58-23-8-12-27-70(58)87/h1-47H. The summed E-state index contributed by atoms with van der Waals surface area (Å²) in [6.45, 7) is 0. The Labute approximate surface area is 497 Å². The number of pyridine rings is 4. The molecule has 0 radical (unpaired) electrons. The van der Waals surface area contributed by atoms with Crippen molar-refractivity contribution >= 4 is 76.7 Å². The maximum Gasteiger partial charge on any atom is 0.234 e. The van der Waals surface area contributed by atoms with Crippen molar-refractivity contribution in [3.8, 4) is 84.7 Å². The highest BCUT2D eigenvalue weighted by molar-refractivity contribution is 6.13. The smallest absolute Gasteiger partial charge is 0.234 e. The van der Waals surface area contributed by atoms with Gasteiger partial charge in [0.2, 0.25) is 5.95 Å². The van der Waals surface area contributed by atoms with Gasteiger partial charge in [-0.05, 0) is 102 Å². The van der Waals surface area contributed by atoms with Gasteiger partial charge in [-0.25, -0.2) is 24.9 Å². The topological polar surface area (TPSA) is 101 Å². The molecule has 0 bridgehead atoms. The molecule has 18 aromatic rings. The van der Waals surface area contributed by atoms with Crippen LogP contribution in [0.15, 0.2) is 286 Å². The number of rotatable bonds is 9. The molecule has 10 heterocycles. The lowest BCUT2D eigenvalue weighted by molar-refractivity contribution is 0.967. The van der Waals surface area contributed by atoms with Gasteiger partial charge in [-0.15, -0.1) is 0 Å². The van der Waals surface area contributed by atoms with E-state index in [1.807, 2.05) is 55.1 Å². The van der Waals surface area contributed by atoms with Crippen molar-refractivity contribution in [2.24, 2.45) is 0 Å². The molecule has 8 aromatic carbocycles. The first-order valence-corrected chi connectivity index (χ1v) is 29.0. The fourth-order valence-electron chi connectivity index (χ4n) is 13.0. The van der Waals surface area contributed by atoms with E-state index in [2.05, 4.69) is 253 Å². The van der Waals surface area contributed by atoms with E-state index in [9.17, 15) is 0 Å². The lowest BCUT2D eigenvalue weighted by atomic mass is 10.0. The molecule has 406 valence electrons. The van der Waals surface area contributed by atoms with Crippen molar-refractivity contribution in [3.05, 3.63) is 286 Å². The van der Waals surface area contributed by atoms with E-state index in [1.165, 1.54) is 10.8 Å². The quantitative estimate of drug-likeness (QED) is 0.143. The maximum absolute atomic E-state index is 5.24. The summed E-state index contributed by atoms with van der Waals surface area (Å²) in [6.07, 6.45) is 14.3. The van der Waals surface area contributed by atoms with Crippen molar-refractivity contribution in [2.45, 2.75) is 0 Å². The highest BCUT2D eigenvalue weighted by atomic mass is 15.2. The average molecular weight is 1110 g/mol. The van der Waals surface area contributed by atoms with Crippen LogP contribution in [-0.2, 0) is 0 Å². The molecule has 0 amide bonds. The Bertz CT molecular complexity index is 5630. The van der Waals surface area contributed by atoms with Crippen LogP contribution in [0.3, 0.4) is 0 Å². The SMILES string of the molecule is c1ccc(-c2cc(-n3c4ccc(-c5cn6ccccc6n5)cc4c4cc(-c5cn6cc(-c7cccc(-c8cc9c%10ccccc%10n(-c%10cnc(-n%11c%12ccccc%12c%12ccccc%12%11)nc%10)c9cn8)c7)ccc6n5)ccc43)cc(-c3ccccc3)n2)cc1. The summed E-state index contributed by atoms with van der Waals surface area (Å²) in [7, 11) is 0. The van der Waals surface area contributed by atoms with Gasteiger partial charge in [-0.2, -0.15) is 0 Å². The minimum atomic E-state index is 0.622. The van der Waals surface area contributed by atoms with Crippen molar-refractivity contribution in [1.82, 2.24) is 52.4 Å². The van der Waals surface area contributed by atoms with Gasteiger partial charge < -0.3 is 17.9 Å². The molecular formula is C76H47N11. The molecule has 0 spiro atoms. The normalized spacial score (nSPS) is 11.9. The zero-order chi connectivity index (χ0) is 57.1. The molecule has 0 saturated carbocycles. The number of hydrogen-bond donors (Lipinski definition) is 0. The van der Waals surface area contributed by atoms with Crippen LogP contribution in [0.25, 0.3) is 161 Å². The number of nitrogens with zero attached hydrogens (tertiary/aromatic N) is 11. The number of aromatic nitrogens is 11. The van der Waals surface area contributed by atoms with E-state index in [1.54, 1.807) is 0 Å². The van der Waals surface area contributed by atoms with Crippen LogP contribution < -0.4 is 0 Å². The summed E-state index contributed by atoms with van der Waals surface area (Å²) in [5.41, 5.74) is 21.8. The van der Waals surface area contributed by atoms with Crippen LogP contribution in [0.1, 0.15) is 0 Å². The second kappa shape index (κ2) is 19.2. The average Bonchev–Trinajstić information content (AvgIpc) is 1.83. The van der Waals surface area contributed by atoms with Crippen molar-refractivity contribution in [3.63, 3.8) is 0 Å². The van der Waals surface area contributed by atoms with Gasteiger partial charge in [0, 0.05) is 84.9 Å². The van der Waals surface area contributed by atoms with E-state index in [0.29, 0.717) is 5.95 Å². The fourth-order valence-corrected chi connectivity index (χ4v) is 13.0. The highest BCUT2D eigenvalue weighted by Crippen LogP contribution is 2.41. The summed E-state index contributed by atoms with van der Waals surface area (Å²) in [5, 5.41) is 6.79. The van der Waals surface area contributed by atoms with Crippen LogP contribution in [-0.4, -0.2) is 52.4 Å². The molecule has 87 heavy (non-hydrogen) atoms. The Morgan fingerprint density at radius 3 is 1.38 bits per heavy atom. The second-order valence-electron chi connectivity index (χ2n) is 22.2. The molecule has 11 nitrogen and oxygen atoms in total. The monoisotopic (exact) mass is 1110 g/mol. The van der Waals surface area contributed by atoms with E-state index in [0.717, 1.165) is 145 Å². The van der Waals surface area contributed by atoms with Crippen molar-refractivity contribution in [2.75, 3.05) is 0 Å². The third-order valence-corrected chi connectivity index (χ3v) is 17.1. The highest BCUT2D eigenvalue weighted by Gasteiger charge is 2.21. The maximum atomic E-state index is 5.24. The number of benzene rings is 8. The predicted molar refractivity (Wildman–Crippen MR) is 351 cm³/mol. The lowest BCUT2D eigenvalue weighted by Gasteiger charge is -2.13. The van der Waals surface area contributed by atoms with E-state index in [4.69, 9.17) is 29.9 Å².